The lowest BCUT2D eigenvalue weighted by molar-refractivity contribution is 0.216. The Kier molecular flexibility index (Phi) is 4.29. The molecule has 2 aromatic rings. The minimum atomic E-state index is 0.0149. The Morgan fingerprint density at radius 2 is 2.04 bits per heavy atom. The Labute approximate surface area is 146 Å². The lowest BCUT2D eigenvalue weighted by Crippen LogP contribution is -2.37. The molecule has 6 heteroatoms. The topological polar surface area (TPSA) is 60.1 Å². The first-order chi connectivity index (χ1) is 12.1. The van der Waals surface area contributed by atoms with Crippen LogP contribution in [0.1, 0.15) is 36.1 Å². The van der Waals surface area contributed by atoms with E-state index in [0.29, 0.717) is 12.6 Å². The molecule has 0 aromatic carbocycles. The number of pyridine rings is 1. The number of aromatic nitrogens is 3. The molecule has 3 heterocycles. The van der Waals surface area contributed by atoms with Gasteiger partial charge in [0.1, 0.15) is 0 Å². The number of hydrogen-bond acceptors (Lipinski definition) is 4. The summed E-state index contributed by atoms with van der Waals surface area (Å²) in [7, 11) is 1.76. The van der Waals surface area contributed by atoms with E-state index in [9.17, 15) is 9.59 Å². The Morgan fingerprint density at radius 3 is 2.88 bits per heavy atom. The normalized spacial score (nSPS) is 20.1. The molecule has 132 valence electrons. The summed E-state index contributed by atoms with van der Waals surface area (Å²) in [5.41, 5.74) is 3.29. The number of rotatable bonds is 4. The quantitative estimate of drug-likeness (QED) is 0.836. The van der Waals surface area contributed by atoms with Gasteiger partial charge >= 0.3 is 0 Å². The van der Waals surface area contributed by atoms with E-state index in [1.807, 2.05) is 12.3 Å². The fourth-order valence-electron chi connectivity index (χ4n) is 4.00. The smallest absolute Gasteiger partial charge is 0.267 e. The second-order valence-electron chi connectivity index (χ2n) is 7.24. The highest BCUT2D eigenvalue weighted by molar-refractivity contribution is 5.22. The van der Waals surface area contributed by atoms with Crippen LogP contribution in [-0.2, 0) is 33.0 Å². The molecule has 0 spiro atoms. The van der Waals surface area contributed by atoms with Crippen molar-refractivity contribution in [1.82, 2.24) is 19.2 Å². The summed E-state index contributed by atoms with van der Waals surface area (Å²) in [6.07, 6.45) is 7.07. The van der Waals surface area contributed by atoms with Crippen LogP contribution in [0.2, 0.25) is 0 Å². The van der Waals surface area contributed by atoms with Gasteiger partial charge in [-0.05, 0) is 55.8 Å². The first-order valence-corrected chi connectivity index (χ1v) is 9.10. The van der Waals surface area contributed by atoms with Gasteiger partial charge in [0, 0.05) is 38.0 Å². The molecule has 1 unspecified atom stereocenters. The van der Waals surface area contributed by atoms with E-state index in [0.717, 1.165) is 62.0 Å². The van der Waals surface area contributed by atoms with Crippen LogP contribution in [-0.4, -0.2) is 31.8 Å². The average molecular weight is 340 g/mol. The molecule has 0 bridgehead atoms. The molecule has 1 atom stereocenters. The molecule has 0 saturated carbocycles. The van der Waals surface area contributed by atoms with E-state index in [2.05, 4.69) is 10.00 Å². The number of aryl methyl sites for hydroxylation is 3. The molecular weight excluding hydrogens is 316 g/mol. The molecule has 25 heavy (non-hydrogen) atoms. The molecule has 1 fully saturated rings. The Bertz CT molecular complexity index is 899. The predicted molar refractivity (Wildman–Crippen MR) is 95.6 cm³/mol. The molecule has 4 rings (SSSR count). The average Bonchev–Trinajstić information content (AvgIpc) is 3.21. The molecular formula is C19H24N4O2. The maximum Gasteiger partial charge on any atom is 0.267 e. The molecule has 1 aliphatic heterocycles. The van der Waals surface area contributed by atoms with Crippen molar-refractivity contribution in [1.29, 1.82) is 0 Å². The monoisotopic (exact) mass is 340 g/mol. The van der Waals surface area contributed by atoms with Crippen LogP contribution >= 0.6 is 0 Å². The van der Waals surface area contributed by atoms with E-state index in [1.165, 1.54) is 0 Å². The van der Waals surface area contributed by atoms with Crippen LogP contribution < -0.4 is 11.1 Å². The summed E-state index contributed by atoms with van der Waals surface area (Å²) in [5, 5.41) is 4.61. The first-order valence-electron chi connectivity index (χ1n) is 9.10. The predicted octanol–water partition coefficient (Wildman–Crippen LogP) is 1.10. The van der Waals surface area contributed by atoms with Crippen molar-refractivity contribution in [3.8, 4) is 0 Å². The van der Waals surface area contributed by atoms with Crippen molar-refractivity contribution in [2.24, 2.45) is 7.05 Å². The fraction of sp³-hybridized carbons (Fsp3) is 0.526. The van der Waals surface area contributed by atoms with Gasteiger partial charge in [0.25, 0.3) is 11.1 Å². The molecule has 1 saturated heterocycles. The van der Waals surface area contributed by atoms with Crippen molar-refractivity contribution in [3.05, 3.63) is 61.9 Å². The van der Waals surface area contributed by atoms with Crippen LogP contribution in [0.3, 0.4) is 0 Å². The van der Waals surface area contributed by atoms with Crippen molar-refractivity contribution in [3.63, 3.8) is 0 Å². The molecule has 6 nitrogen and oxygen atoms in total. The van der Waals surface area contributed by atoms with Gasteiger partial charge in [-0.25, -0.2) is 4.68 Å². The second-order valence-corrected chi connectivity index (χ2v) is 7.24. The lowest BCUT2D eigenvalue weighted by atomic mass is 10.2. The zero-order valence-corrected chi connectivity index (χ0v) is 14.6. The van der Waals surface area contributed by atoms with E-state index in [-0.39, 0.29) is 11.1 Å². The highest BCUT2D eigenvalue weighted by atomic mass is 16.1. The summed E-state index contributed by atoms with van der Waals surface area (Å²) >= 11 is 0. The van der Waals surface area contributed by atoms with Crippen LogP contribution in [0.25, 0.3) is 0 Å². The van der Waals surface area contributed by atoms with Gasteiger partial charge in [-0.3, -0.25) is 14.5 Å². The van der Waals surface area contributed by atoms with Crippen LogP contribution in [0.4, 0.5) is 0 Å². The number of likely N-dealkylation sites (tertiary alicyclic amines) is 1. The van der Waals surface area contributed by atoms with Gasteiger partial charge in [-0.2, -0.15) is 5.10 Å². The summed E-state index contributed by atoms with van der Waals surface area (Å²) in [5.74, 6) is 0. The molecule has 2 aliphatic rings. The third-order valence-electron chi connectivity index (χ3n) is 5.46. The molecule has 1 aliphatic carbocycles. The number of fused-ring (bicyclic) bond motifs is 1. The van der Waals surface area contributed by atoms with Gasteiger partial charge in [0.2, 0.25) is 0 Å². The molecule has 0 radical (unpaired) electrons. The lowest BCUT2D eigenvalue weighted by Gasteiger charge is -2.25. The maximum absolute atomic E-state index is 12.4. The van der Waals surface area contributed by atoms with Crippen LogP contribution in [0, 0.1) is 0 Å². The standard InChI is InChI=1S/C19H24N4O2/c1-21-9-7-14(10-18(21)24)12-22-8-3-5-16(22)13-23-19(25)11-15-4-2-6-17(15)20-23/h7,9-11,16H,2-6,8,12-13H2,1H3. The first kappa shape index (κ1) is 16.3. The summed E-state index contributed by atoms with van der Waals surface area (Å²) in [6.45, 7) is 2.39. The molecule has 2 aromatic heterocycles. The molecule has 0 amide bonds. The van der Waals surface area contributed by atoms with Crippen LogP contribution in [0.5, 0.6) is 0 Å². The molecule has 0 N–H and O–H groups in total. The fourth-order valence-corrected chi connectivity index (χ4v) is 4.00. The van der Waals surface area contributed by atoms with Gasteiger partial charge in [0.05, 0.1) is 12.2 Å². The minimum Gasteiger partial charge on any atom is -0.319 e. The summed E-state index contributed by atoms with van der Waals surface area (Å²) in [4.78, 5) is 26.6. The maximum atomic E-state index is 12.4. The zero-order chi connectivity index (χ0) is 17.4. The Hall–Kier alpha value is -2.21. The van der Waals surface area contributed by atoms with Crippen molar-refractivity contribution in [2.75, 3.05) is 6.54 Å². The van der Waals surface area contributed by atoms with Gasteiger partial charge in [0.15, 0.2) is 0 Å². The minimum absolute atomic E-state index is 0.0149. The summed E-state index contributed by atoms with van der Waals surface area (Å²) < 4.78 is 3.23. The number of hydrogen-bond donors (Lipinski definition) is 0. The van der Waals surface area contributed by atoms with Gasteiger partial charge in [-0.15, -0.1) is 0 Å². The third-order valence-corrected chi connectivity index (χ3v) is 5.46. The van der Waals surface area contributed by atoms with E-state index < -0.39 is 0 Å². The Balaban J connectivity index is 1.51. The van der Waals surface area contributed by atoms with E-state index in [4.69, 9.17) is 0 Å². The van der Waals surface area contributed by atoms with Crippen molar-refractivity contribution >= 4 is 0 Å². The van der Waals surface area contributed by atoms with Crippen molar-refractivity contribution in [2.45, 2.75) is 51.2 Å². The van der Waals surface area contributed by atoms with Gasteiger partial charge in [-0.1, -0.05) is 0 Å². The van der Waals surface area contributed by atoms with Gasteiger partial charge < -0.3 is 4.57 Å². The van der Waals surface area contributed by atoms with Crippen molar-refractivity contribution < 1.29 is 0 Å². The third kappa shape index (κ3) is 3.31. The second kappa shape index (κ2) is 6.59. The zero-order valence-electron chi connectivity index (χ0n) is 14.6. The summed E-state index contributed by atoms with van der Waals surface area (Å²) in [6, 6.07) is 5.77. The number of nitrogens with zero attached hydrogens (tertiary/aromatic N) is 4. The SMILES string of the molecule is Cn1ccc(CN2CCCC2Cn2nc3c(cc2=O)CCC3)cc1=O. The van der Waals surface area contributed by atoms with Crippen LogP contribution in [0.15, 0.2) is 34.0 Å². The highest BCUT2D eigenvalue weighted by Crippen LogP contribution is 2.22. The largest absolute Gasteiger partial charge is 0.319 e. The highest BCUT2D eigenvalue weighted by Gasteiger charge is 2.26. The van der Waals surface area contributed by atoms with E-state index in [1.54, 1.807) is 28.4 Å². The Morgan fingerprint density at radius 1 is 1.16 bits per heavy atom. The van der Waals surface area contributed by atoms with E-state index >= 15 is 0 Å².